The van der Waals surface area contributed by atoms with E-state index in [4.69, 9.17) is 0 Å². The average Bonchev–Trinajstić information content (AvgIpc) is 2.34. The van der Waals surface area contributed by atoms with Gasteiger partial charge in [0.15, 0.2) is 0 Å². The highest BCUT2D eigenvalue weighted by atomic mass is 79.9. The fraction of sp³-hybridized carbons (Fsp3) is 0.0833. The molecule has 1 heterocycles. The summed E-state index contributed by atoms with van der Waals surface area (Å²) in [6, 6.07) is 8.48. The van der Waals surface area contributed by atoms with E-state index in [-0.39, 0.29) is 5.69 Å². The number of aryl methyl sites for hydroxylation is 1. The van der Waals surface area contributed by atoms with Gasteiger partial charge < -0.3 is 5.32 Å². The van der Waals surface area contributed by atoms with Crippen LogP contribution < -0.4 is 5.32 Å². The van der Waals surface area contributed by atoms with Crippen LogP contribution in [0.1, 0.15) is 5.69 Å². The zero-order valence-electron chi connectivity index (χ0n) is 9.55. The van der Waals surface area contributed by atoms with Crippen LogP contribution in [0, 0.1) is 17.0 Å². The molecule has 5 nitrogen and oxygen atoms in total. The molecule has 0 saturated heterocycles. The van der Waals surface area contributed by atoms with E-state index in [9.17, 15) is 10.1 Å². The van der Waals surface area contributed by atoms with Crippen molar-refractivity contribution in [1.29, 1.82) is 0 Å². The van der Waals surface area contributed by atoms with Gasteiger partial charge in [0.05, 0.1) is 16.3 Å². The first-order valence-electron chi connectivity index (χ1n) is 5.20. The second-order valence-corrected chi connectivity index (χ2v) is 4.60. The number of hydrogen-bond acceptors (Lipinski definition) is 4. The number of benzene rings is 1. The topological polar surface area (TPSA) is 68.1 Å². The first-order chi connectivity index (χ1) is 8.58. The van der Waals surface area contributed by atoms with Crippen LogP contribution in [0.4, 0.5) is 17.1 Å². The Morgan fingerprint density at radius 2 is 2.11 bits per heavy atom. The van der Waals surface area contributed by atoms with Gasteiger partial charge >= 0.3 is 0 Å². The normalized spacial score (nSPS) is 10.1. The summed E-state index contributed by atoms with van der Waals surface area (Å²) in [5.74, 6) is 0. The molecule has 0 aliphatic heterocycles. The second kappa shape index (κ2) is 5.14. The predicted octanol–water partition coefficient (Wildman–Crippen LogP) is 3.80. The Kier molecular flexibility index (Phi) is 3.57. The van der Waals surface area contributed by atoms with E-state index in [1.165, 1.54) is 6.07 Å². The minimum atomic E-state index is -0.418. The molecule has 0 radical (unpaired) electrons. The molecule has 1 N–H and O–H groups in total. The van der Waals surface area contributed by atoms with E-state index in [0.29, 0.717) is 10.2 Å². The van der Waals surface area contributed by atoms with Crippen LogP contribution in [0.2, 0.25) is 0 Å². The van der Waals surface area contributed by atoms with E-state index in [2.05, 4.69) is 26.2 Å². The third-order valence-corrected chi connectivity index (χ3v) is 2.93. The van der Waals surface area contributed by atoms with Gasteiger partial charge in [-0.3, -0.25) is 15.1 Å². The van der Waals surface area contributed by atoms with Crippen LogP contribution in [-0.2, 0) is 0 Å². The number of nitrogens with zero attached hydrogens (tertiary/aromatic N) is 2. The van der Waals surface area contributed by atoms with Crippen molar-refractivity contribution in [2.45, 2.75) is 6.92 Å². The molecule has 18 heavy (non-hydrogen) atoms. The monoisotopic (exact) mass is 307 g/mol. The summed E-state index contributed by atoms with van der Waals surface area (Å²) in [5, 5.41) is 14.0. The lowest BCUT2D eigenvalue weighted by Crippen LogP contribution is -1.99. The van der Waals surface area contributed by atoms with Crippen molar-refractivity contribution in [3.8, 4) is 0 Å². The Balaban J connectivity index is 2.41. The Hall–Kier alpha value is -1.95. The van der Waals surface area contributed by atoms with E-state index in [1.807, 2.05) is 13.0 Å². The van der Waals surface area contributed by atoms with Crippen molar-refractivity contribution in [3.05, 3.63) is 56.8 Å². The molecule has 0 spiro atoms. The van der Waals surface area contributed by atoms with Gasteiger partial charge in [0, 0.05) is 16.7 Å². The molecule has 0 amide bonds. The summed E-state index contributed by atoms with van der Waals surface area (Å²) in [5.41, 5.74) is 2.00. The van der Waals surface area contributed by atoms with Crippen LogP contribution >= 0.6 is 15.9 Å². The Morgan fingerprint density at radius 3 is 2.78 bits per heavy atom. The summed E-state index contributed by atoms with van der Waals surface area (Å²) in [6.07, 6.45) is 1.68. The molecule has 0 bridgehead atoms. The van der Waals surface area contributed by atoms with Crippen LogP contribution in [0.25, 0.3) is 0 Å². The van der Waals surface area contributed by atoms with Crippen molar-refractivity contribution in [2.24, 2.45) is 0 Å². The van der Waals surface area contributed by atoms with E-state index < -0.39 is 4.92 Å². The lowest BCUT2D eigenvalue weighted by molar-refractivity contribution is -0.384. The van der Waals surface area contributed by atoms with Crippen molar-refractivity contribution in [2.75, 3.05) is 5.32 Å². The van der Waals surface area contributed by atoms with Gasteiger partial charge in [-0.15, -0.1) is 0 Å². The Labute approximate surface area is 112 Å². The lowest BCUT2D eigenvalue weighted by atomic mass is 10.2. The molecule has 6 heteroatoms. The standard InChI is InChI=1S/C12H10BrN3O2/c1-8-10(3-2-6-14-8)15-11-5-4-9(13)7-12(11)16(17)18/h2-7,15H,1H3. The third kappa shape index (κ3) is 2.65. The summed E-state index contributed by atoms with van der Waals surface area (Å²) in [7, 11) is 0. The number of halogens is 1. The van der Waals surface area contributed by atoms with Gasteiger partial charge in [-0.2, -0.15) is 0 Å². The molecule has 2 aromatic rings. The fourth-order valence-electron chi connectivity index (χ4n) is 1.52. The highest BCUT2D eigenvalue weighted by Gasteiger charge is 2.14. The molecule has 0 saturated carbocycles. The number of nitro groups is 1. The molecule has 0 unspecified atom stereocenters. The van der Waals surface area contributed by atoms with Crippen LogP contribution in [0.15, 0.2) is 41.0 Å². The minimum absolute atomic E-state index is 0.0210. The lowest BCUT2D eigenvalue weighted by Gasteiger charge is -2.09. The first-order valence-corrected chi connectivity index (χ1v) is 6.00. The number of nitro benzene ring substituents is 1. The highest BCUT2D eigenvalue weighted by Crippen LogP contribution is 2.30. The van der Waals surface area contributed by atoms with Crippen molar-refractivity contribution in [3.63, 3.8) is 0 Å². The number of nitrogens with one attached hydrogen (secondary N) is 1. The number of hydrogen-bond donors (Lipinski definition) is 1. The van der Waals surface area contributed by atoms with Crippen molar-refractivity contribution >= 4 is 33.0 Å². The molecule has 0 atom stereocenters. The molecule has 1 aromatic heterocycles. The maximum atomic E-state index is 11.0. The van der Waals surface area contributed by atoms with Crippen LogP contribution in [0.5, 0.6) is 0 Å². The zero-order valence-corrected chi connectivity index (χ0v) is 11.1. The maximum absolute atomic E-state index is 11.0. The molecule has 0 aliphatic rings. The van der Waals surface area contributed by atoms with E-state index in [1.54, 1.807) is 24.4 Å². The van der Waals surface area contributed by atoms with Gasteiger partial charge in [0.2, 0.25) is 0 Å². The van der Waals surface area contributed by atoms with Crippen molar-refractivity contribution < 1.29 is 4.92 Å². The second-order valence-electron chi connectivity index (χ2n) is 3.68. The molecular weight excluding hydrogens is 298 g/mol. The summed E-state index contributed by atoms with van der Waals surface area (Å²) < 4.78 is 0.669. The molecule has 2 rings (SSSR count). The van der Waals surface area contributed by atoms with Gasteiger partial charge in [-0.05, 0) is 31.2 Å². The fourth-order valence-corrected chi connectivity index (χ4v) is 1.87. The first kappa shape index (κ1) is 12.5. The summed E-state index contributed by atoms with van der Waals surface area (Å²) in [4.78, 5) is 14.7. The minimum Gasteiger partial charge on any atom is -0.348 e. The number of rotatable bonds is 3. The number of anilines is 2. The van der Waals surface area contributed by atoms with Crippen molar-refractivity contribution in [1.82, 2.24) is 4.98 Å². The largest absolute Gasteiger partial charge is 0.348 e. The maximum Gasteiger partial charge on any atom is 0.293 e. The molecule has 1 aromatic carbocycles. The summed E-state index contributed by atoms with van der Waals surface area (Å²) in [6.45, 7) is 1.84. The smallest absolute Gasteiger partial charge is 0.293 e. The van der Waals surface area contributed by atoms with Gasteiger partial charge in [-0.25, -0.2) is 0 Å². The number of aromatic nitrogens is 1. The van der Waals surface area contributed by atoms with Crippen LogP contribution in [0.3, 0.4) is 0 Å². The average molecular weight is 308 g/mol. The molecular formula is C12H10BrN3O2. The van der Waals surface area contributed by atoms with Gasteiger partial charge in [-0.1, -0.05) is 15.9 Å². The van der Waals surface area contributed by atoms with Gasteiger partial charge in [0.1, 0.15) is 5.69 Å². The predicted molar refractivity (Wildman–Crippen MR) is 73.1 cm³/mol. The van der Waals surface area contributed by atoms with E-state index in [0.717, 1.165) is 11.4 Å². The molecule has 0 fully saturated rings. The zero-order chi connectivity index (χ0) is 13.1. The van der Waals surface area contributed by atoms with E-state index >= 15 is 0 Å². The summed E-state index contributed by atoms with van der Waals surface area (Å²) >= 11 is 3.22. The SMILES string of the molecule is Cc1ncccc1Nc1ccc(Br)cc1[N+](=O)[O-]. The quantitative estimate of drug-likeness (QED) is 0.691. The number of pyridine rings is 1. The van der Waals surface area contributed by atoms with Gasteiger partial charge in [0.25, 0.3) is 5.69 Å². The third-order valence-electron chi connectivity index (χ3n) is 2.43. The molecule has 0 aliphatic carbocycles. The highest BCUT2D eigenvalue weighted by molar-refractivity contribution is 9.10. The molecule has 92 valence electrons. The van der Waals surface area contributed by atoms with Crippen LogP contribution in [-0.4, -0.2) is 9.91 Å². The Morgan fingerprint density at radius 1 is 1.33 bits per heavy atom. The Bertz CT molecular complexity index is 602.